The van der Waals surface area contributed by atoms with Crippen molar-refractivity contribution in [2.45, 2.75) is 53.8 Å². The fourth-order valence-electron chi connectivity index (χ4n) is 0.304. The second-order valence-corrected chi connectivity index (χ2v) is 61.4. The number of hydrogen-bond acceptors (Lipinski definition) is 0. The molecule has 0 bridgehead atoms. The molecule has 22 heavy (non-hydrogen) atoms. The minimum absolute atomic E-state index is 0.201. The minimum atomic E-state index is -0.657. The van der Waals surface area contributed by atoms with E-state index in [0.29, 0.717) is 0 Å². The molecule has 0 aliphatic carbocycles. The van der Waals surface area contributed by atoms with Crippen molar-refractivity contribution in [3.63, 3.8) is 0 Å². The zero-order chi connectivity index (χ0) is 18.6. The van der Waals surface area contributed by atoms with Gasteiger partial charge < -0.3 is 0 Å². The van der Waals surface area contributed by atoms with Crippen molar-refractivity contribution in [3.05, 3.63) is 14.5 Å². The molecule has 0 amide bonds. The average molecular weight is 1480 g/mol. The van der Waals surface area contributed by atoms with Crippen molar-refractivity contribution in [1.29, 1.82) is 0 Å². The third-order valence-corrected chi connectivity index (χ3v) is 16.2. The van der Waals surface area contributed by atoms with Crippen LogP contribution in [0.3, 0.4) is 0 Å². The molecule has 0 N–H and O–H groups in total. The summed E-state index contributed by atoms with van der Waals surface area (Å²) in [6, 6.07) is 0. The Hall–Kier alpha value is 5.01. The Bertz CT molecular complexity index is 168. The van der Waals surface area contributed by atoms with Crippen LogP contribution in [0, 0.1) is 0 Å². The summed E-state index contributed by atoms with van der Waals surface area (Å²) in [5, 5.41) is 0. The third-order valence-electron chi connectivity index (χ3n) is 0.552. The summed E-state index contributed by atoms with van der Waals surface area (Å²) in [5.74, 6) is 0. The van der Waals surface area contributed by atoms with Gasteiger partial charge in [-0.3, -0.25) is 0 Å². The monoisotopic (exact) mass is 1480 g/mol. The van der Waals surface area contributed by atoms with Gasteiger partial charge in [0.2, 0.25) is 0 Å². The molecule has 0 atom stereocenters. The first-order valence-corrected chi connectivity index (χ1v) is 63.4. The van der Waals surface area contributed by atoms with E-state index < -0.39 is 90.8 Å². The molecule has 1 aliphatic rings. The standard InChI is InChI=1S/2C2H2.12CH3.6Pb/c2*1-2;;;;;;;;;;;;;;;;;;/h2*1-2H;12*1H3;;;;;;. The first kappa shape index (κ1) is 34.5. The Morgan fingerprint density at radius 2 is 0.455 bits per heavy atom. The molecule has 8 radical (unpaired) electrons. The molecule has 0 spiro atoms. The maximum atomic E-state index is 2.46. The number of hydrogen-bond donors (Lipinski definition) is 0. The van der Waals surface area contributed by atoms with Gasteiger partial charge >= 0.3 is 208 Å². The van der Waals surface area contributed by atoms with Gasteiger partial charge in [0.05, 0.1) is 0 Å². The Kier molecular flexibility index (Phi) is 48.2. The second kappa shape index (κ2) is 30.7. The van der Waals surface area contributed by atoms with Gasteiger partial charge in [0.1, 0.15) is 0 Å². The zero-order valence-electron chi connectivity index (χ0n) is 17.3. The van der Waals surface area contributed by atoms with E-state index in [4.69, 9.17) is 0 Å². The summed E-state index contributed by atoms with van der Waals surface area (Å²) < 4.78 is 38.4. The molecule has 1 heterocycles. The van der Waals surface area contributed by atoms with E-state index in [2.05, 4.69) is 68.3 Å². The Labute approximate surface area is 202 Å². The average Bonchev–Trinajstić information content (AvgIpc) is 2.28. The Balaban J connectivity index is -0.0000000937. The molecule has 6 heteroatoms. The molecule has 0 saturated carbocycles. The molecule has 0 fully saturated rings. The van der Waals surface area contributed by atoms with E-state index >= 15 is 0 Å². The molecule has 1 rings (SSSR count). The van der Waals surface area contributed by atoms with Gasteiger partial charge in [0.15, 0.2) is 0 Å². The summed E-state index contributed by atoms with van der Waals surface area (Å²) in [7, 11) is 0. The predicted molar refractivity (Wildman–Crippen MR) is 123 cm³/mol. The number of rotatable bonds is 0. The van der Waals surface area contributed by atoms with Crippen LogP contribution in [-0.2, 0) is 0 Å². The topological polar surface area (TPSA) is 0 Å². The summed E-state index contributed by atoms with van der Waals surface area (Å²) >= 11 is -3.03. The summed E-state index contributed by atoms with van der Waals surface area (Å²) in [4.78, 5) is 0. The predicted octanol–water partition coefficient (Wildman–Crippen LogP) is 5.83. The molecule has 0 aromatic rings. The fourth-order valence-corrected chi connectivity index (χ4v) is 15.8. The van der Waals surface area contributed by atoms with Gasteiger partial charge in [0.25, 0.3) is 0 Å². The first-order chi connectivity index (χ1) is 9.93. The van der Waals surface area contributed by atoms with Crippen LogP contribution in [0.2, 0.25) is 53.8 Å². The van der Waals surface area contributed by atoms with Crippen LogP contribution in [0.5, 0.6) is 0 Å². The second-order valence-electron chi connectivity index (χ2n) is 7.00. The van der Waals surface area contributed by atoms with Crippen LogP contribution in [-0.4, -0.2) is 139 Å². The van der Waals surface area contributed by atoms with E-state index in [1.54, 1.807) is 0 Å². The van der Waals surface area contributed by atoms with E-state index in [-0.39, 0.29) is 48.5 Å². The molecular formula is C16H40Pb6. The molecule has 0 saturated heterocycles. The van der Waals surface area contributed by atoms with Crippen molar-refractivity contribution in [3.8, 4) is 0 Å². The molecule has 0 nitrogen and oxygen atoms in total. The van der Waals surface area contributed by atoms with E-state index in [9.17, 15) is 0 Å². The first-order valence-electron chi connectivity index (χ1n) is 7.82. The Morgan fingerprint density at radius 3 is 0.500 bits per heavy atom. The molecule has 0 unspecified atom stereocenters. The van der Waals surface area contributed by atoms with Gasteiger partial charge in [-0.2, -0.15) is 0 Å². The fraction of sp³-hybridized carbons (Fsp3) is 0.750. The SMILES string of the molecule is [CH3][Pb]([CH3])[CH3].[CH3][Pb]([CH3])[CH3].[CH3][Pb]([CH3])[CH3].[CH3][Pb]([CH3])[CH3].[CH]1=[CH][Pb][CH]=[CH][Pb]1. The maximum absolute atomic E-state index is 2.46. The van der Waals surface area contributed by atoms with Crippen molar-refractivity contribution < 1.29 is 0 Å². The van der Waals surface area contributed by atoms with Crippen LogP contribution in [0.1, 0.15) is 0 Å². The van der Waals surface area contributed by atoms with Crippen molar-refractivity contribution in [2.24, 2.45) is 0 Å². The van der Waals surface area contributed by atoms with Crippen LogP contribution in [0.4, 0.5) is 0 Å². The van der Waals surface area contributed by atoms with Crippen molar-refractivity contribution >= 4 is 139 Å². The van der Waals surface area contributed by atoms with Gasteiger partial charge in [-0.25, -0.2) is 0 Å². The van der Waals surface area contributed by atoms with Gasteiger partial charge in [-0.1, -0.05) is 0 Å². The summed E-state index contributed by atoms with van der Waals surface area (Å²) in [5.41, 5.74) is 0. The van der Waals surface area contributed by atoms with Crippen molar-refractivity contribution in [1.82, 2.24) is 0 Å². The van der Waals surface area contributed by atoms with E-state index in [0.717, 1.165) is 0 Å². The van der Waals surface area contributed by atoms with Crippen LogP contribution < -0.4 is 0 Å². The van der Waals surface area contributed by atoms with E-state index in [1.165, 1.54) is 0 Å². The third kappa shape index (κ3) is 119. The molecule has 0 aromatic heterocycles. The summed E-state index contributed by atoms with van der Waals surface area (Å²) in [6.45, 7) is 0. The van der Waals surface area contributed by atoms with Gasteiger partial charge in [-0.05, 0) is 0 Å². The normalized spacial score (nSPS) is 11.6. The quantitative estimate of drug-likeness (QED) is 0.268. The van der Waals surface area contributed by atoms with Crippen LogP contribution in [0.25, 0.3) is 0 Å². The van der Waals surface area contributed by atoms with E-state index in [1.807, 2.05) is 0 Å². The van der Waals surface area contributed by atoms with Crippen LogP contribution >= 0.6 is 0 Å². The van der Waals surface area contributed by atoms with Gasteiger partial charge in [-0.15, -0.1) is 0 Å². The molecular weight excluding hydrogens is 1440 g/mol. The van der Waals surface area contributed by atoms with Gasteiger partial charge in [0, 0.05) is 0 Å². The molecule has 0 aromatic carbocycles. The van der Waals surface area contributed by atoms with Crippen molar-refractivity contribution in [2.75, 3.05) is 0 Å². The van der Waals surface area contributed by atoms with Crippen LogP contribution in [0.15, 0.2) is 14.5 Å². The Morgan fingerprint density at radius 1 is 0.364 bits per heavy atom. The summed E-state index contributed by atoms with van der Waals surface area (Å²) in [6.07, 6.45) is 0. The zero-order valence-corrected chi connectivity index (χ0v) is 40.6. The molecule has 128 valence electrons. The molecule has 1 aliphatic heterocycles.